The van der Waals surface area contributed by atoms with Crippen molar-refractivity contribution in [2.24, 2.45) is 0 Å². The van der Waals surface area contributed by atoms with Gasteiger partial charge in [0, 0.05) is 0 Å². The molecule has 2 aromatic rings. The highest BCUT2D eigenvalue weighted by Crippen LogP contribution is 2.24. The standard InChI is InChI=1S/C13H9F4NO3S/c14-9-2-1-3-10(8-9)18-22(19,20)12-6-4-11(5-7-12)21-13(15,16)17/h1-8,18H. The van der Waals surface area contributed by atoms with E-state index in [0.717, 1.165) is 36.4 Å². The molecule has 2 aromatic carbocycles. The smallest absolute Gasteiger partial charge is 0.406 e. The molecule has 0 atom stereocenters. The number of hydrogen-bond acceptors (Lipinski definition) is 3. The number of ether oxygens (including phenoxy) is 1. The number of halogens is 4. The van der Waals surface area contributed by atoms with Crippen LogP contribution in [-0.4, -0.2) is 14.8 Å². The van der Waals surface area contributed by atoms with Gasteiger partial charge in [-0.3, -0.25) is 4.72 Å². The lowest BCUT2D eigenvalue weighted by molar-refractivity contribution is -0.274. The zero-order chi connectivity index (χ0) is 16.4. The van der Waals surface area contributed by atoms with Gasteiger partial charge in [-0.25, -0.2) is 12.8 Å². The van der Waals surface area contributed by atoms with E-state index < -0.39 is 28.0 Å². The van der Waals surface area contributed by atoms with E-state index in [1.165, 1.54) is 12.1 Å². The van der Waals surface area contributed by atoms with E-state index in [4.69, 9.17) is 0 Å². The van der Waals surface area contributed by atoms with Crippen molar-refractivity contribution in [2.75, 3.05) is 4.72 Å². The maximum absolute atomic E-state index is 13.0. The number of anilines is 1. The maximum atomic E-state index is 13.0. The summed E-state index contributed by atoms with van der Waals surface area (Å²) in [4.78, 5) is -0.286. The van der Waals surface area contributed by atoms with Crippen molar-refractivity contribution in [3.63, 3.8) is 0 Å². The second-order valence-electron chi connectivity index (χ2n) is 4.14. The molecule has 0 amide bonds. The summed E-state index contributed by atoms with van der Waals surface area (Å²) in [5.74, 6) is -1.17. The van der Waals surface area contributed by atoms with Gasteiger partial charge < -0.3 is 4.74 Å². The quantitative estimate of drug-likeness (QED) is 0.870. The second-order valence-corrected chi connectivity index (χ2v) is 5.82. The molecular formula is C13H9F4NO3S. The van der Waals surface area contributed by atoms with Crippen LogP contribution in [0, 0.1) is 5.82 Å². The van der Waals surface area contributed by atoms with Gasteiger partial charge in [0.05, 0.1) is 10.6 Å². The van der Waals surface area contributed by atoms with Crippen molar-refractivity contribution in [1.29, 1.82) is 0 Å². The second kappa shape index (κ2) is 5.84. The molecule has 22 heavy (non-hydrogen) atoms. The monoisotopic (exact) mass is 335 g/mol. The average molecular weight is 335 g/mol. The van der Waals surface area contributed by atoms with Gasteiger partial charge >= 0.3 is 6.36 Å². The fraction of sp³-hybridized carbons (Fsp3) is 0.0769. The molecule has 0 aliphatic carbocycles. The first kappa shape index (κ1) is 16.1. The SMILES string of the molecule is O=S(=O)(Nc1cccc(F)c1)c1ccc(OC(F)(F)F)cc1. The molecule has 2 rings (SSSR count). The van der Waals surface area contributed by atoms with Crippen LogP contribution in [0.1, 0.15) is 0 Å². The minimum Gasteiger partial charge on any atom is -0.406 e. The Morgan fingerprint density at radius 3 is 2.18 bits per heavy atom. The summed E-state index contributed by atoms with van der Waals surface area (Å²) in [6, 6.07) is 8.39. The highest BCUT2D eigenvalue weighted by Gasteiger charge is 2.31. The lowest BCUT2D eigenvalue weighted by Gasteiger charge is -2.10. The van der Waals surface area contributed by atoms with Gasteiger partial charge in [0.1, 0.15) is 11.6 Å². The molecule has 0 saturated carbocycles. The van der Waals surface area contributed by atoms with Gasteiger partial charge in [0.2, 0.25) is 0 Å². The third-order valence-electron chi connectivity index (χ3n) is 2.44. The van der Waals surface area contributed by atoms with Crippen LogP contribution >= 0.6 is 0 Å². The largest absolute Gasteiger partial charge is 0.573 e. The molecule has 0 spiro atoms. The lowest BCUT2D eigenvalue weighted by atomic mass is 10.3. The molecule has 0 bridgehead atoms. The third kappa shape index (κ3) is 4.35. The molecule has 4 nitrogen and oxygen atoms in total. The molecule has 0 unspecified atom stereocenters. The molecule has 0 aromatic heterocycles. The van der Waals surface area contributed by atoms with Crippen molar-refractivity contribution in [1.82, 2.24) is 0 Å². The van der Waals surface area contributed by atoms with Crippen molar-refractivity contribution in [2.45, 2.75) is 11.3 Å². The van der Waals surface area contributed by atoms with Gasteiger partial charge in [0.25, 0.3) is 10.0 Å². The predicted octanol–water partition coefficient (Wildman–Crippen LogP) is 3.53. The fourth-order valence-electron chi connectivity index (χ4n) is 1.59. The van der Waals surface area contributed by atoms with Crippen LogP contribution in [0.4, 0.5) is 23.2 Å². The Kier molecular flexibility index (Phi) is 4.27. The molecule has 0 heterocycles. The van der Waals surface area contributed by atoms with Crippen LogP contribution in [0.5, 0.6) is 5.75 Å². The van der Waals surface area contributed by atoms with E-state index in [1.807, 2.05) is 0 Å². The number of nitrogens with one attached hydrogen (secondary N) is 1. The molecule has 118 valence electrons. The minimum atomic E-state index is -4.86. The first-order valence-corrected chi connectivity index (χ1v) is 7.28. The van der Waals surface area contributed by atoms with Crippen LogP contribution in [0.2, 0.25) is 0 Å². The summed E-state index contributed by atoms with van der Waals surface area (Å²) < 4.78 is 78.8. The summed E-state index contributed by atoms with van der Waals surface area (Å²) in [6.07, 6.45) is -4.86. The normalized spacial score (nSPS) is 12.0. The first-order chi connectivity index (χ1) is 10.2. The lowest BCUT2D eigenvalue weighted by Crippen LogP contribution is -2.17. The van der Waals surface area contributed by atoms with Crippen LogP contribution < -0.4 is 9.46 Å². The average Bonchev–Trinajstić information content (AvgIpc) is 2.36. The van der Waals surface area contributed by atoms with Crippen molar-refractivity contribution >= 4 is 15.7 Å². The zero-order valence-corrected chi connectivity index (χ0v) is 11.6. The molecular weight excluding hydrogens is 326 g/mol. The summed E-state index contributed by atoms with van der Waals surface area (Å²) in [5, 5.41) is 0. The Hall–Kier alpha value is -2.29. The predicted molar refractivity (Wildman–Crippen MR) is 70.3 cm³/mol. The van der Waals surface area contributed by atoms with Gasteiger partial charge in [-0.1, -0.05) is 6.07 Å². The molecule has 0 saturated heterocycles. The van der Waals surface area contributed by atoms with Crippen molar-refractivity contribution in [3.8, 4) is 5.75 Å². The van der Waals surface area contributed by atoms with E-state index in [-0.39, 0.29) is 10.6 Å². The zero-order valence-electron chi connectivity index (χ0n) is 10.8. The van der Waals surface area contributed by atoms with Gasteiger partial charge in [-0.15, -0.1) is 13.2 Å². The van der Waals surface area contributed by atoms with Crippen molar-refractivity contribution < 1.29 is 30.7 Å². The summed E-state index contributed by atoms with van der Waals surface area (Å²) in [7, 11) is -4.04. The van der Waals surface area contributed by atoms with Gasteiger partial charge in [0.15, 0.2) is 0 Å². The number of hydrogen-bond donors (Lipinski definition) is 1. The molecule has 0 radical (unpaired) electrons. The van der Waals surface area contributed by atoms with Crippen LogP contribution in [0.15, 0.2) is 53.4 Å². The summed E-state index contributed by atoms with van der Waals surface area (Å²) in [5.41, 5.74) is -0.00406. The Morgan fingerprint density at radius 1 is 1.00 bits per heavy atom. The third-order valence-corrected chi connectivity index (χ3v) is 3.84. The van der Waals surface area contributed by atoms with Gasteiger partial charge in [-0.05, 0) is 42.5 Å². The van der Waals surface area contributed by atoms with Crippen LogP contribution in [0.3, 0.4) is 0 Å². The number of sulfonamides is 1. The van der Waals surface area contributed by atoms with Crippen LogP contribution in [0.25, 0.3) is 0 Å². The first-order valence-electron chi connectivity index (χ1n) is 5.80. The van der Waals surface area contributed by atoms with E-state index in [9.17, 15) is 26.0 Å². The number of rotatable bonds is 4. The maximum Gasteiger partial charge on any atom is 0.573 e. The fourth-order valence-corrected chi connectivity index (χ4v) is 2.64. The highest BCUT2D eigenvalue weighted by atomic mass is 32.2. The van der Waals surface area contributed by atoms with Gasteiger partial charge in [-0.2, -0.15) is 0 Å². The van der Waals surface area contributed by atoms with E-state index in [2.05, 4.69) is 9.46 Å². The summed E-state index contributed by atoms with van der Waals surface area (Å²) in [6.45, 7) is 0. The Balaban J connectivity index is 2.19. The Labute approximate surface area is 123 Å². The van der Waals surface area contributed by atoms with E-state index in [1.54, 1.807) is 0 Å². The molecule has 0 aliphatic rings. The molecule has 9 heteroatoms. The Bertz CT molecular complexity index is 758. The number of alkyl halides is 3. The van der Waals surface area contributed by atoms with E-state index in [0.29, 0.717) is 0 Å². The molecule has 0 aliphatic heterocycles. The topological polar surface area (TPSA) is 55.4 Å². The van der Waals surface area contributed by atoms with Crippen LogP contribution in [-0.2, 0) is 10.0 Å². The number of benzene rings is 2. The minimum absolute atomic E-state index is 0.00406. The van der Waals surface area contributed by atoms with E-state index >= 15 is 0 Å². The Morgan fingerprint density at radius 2 is 1.64 bits per heavy atom. The summed E-state index contributed by atoms with van der Waals surface area (Å²) >= 11 is 0. The van der Waals surface area contributed by atoms with Crippen molar-refractivity contribution in [3.05, 3.63) is 54.3 Å². The highest BCUT2D eigenvalue weighted by molar-refractivity contribution is 7.92. The molecule has 0 fully saturated rings. The molecule has 1 N–H and O–H groups in total.